The summed E-state index contributed by atoms with van der Waals surface area (Å²) in [4.78, 5) is 2.66. The lowest BCUT2D eigenvalue weighted by atomic mass is 9.70. The lowest BCUT2D eigenvalue weighted by molar-refractivity contribution is 0.118. The Hall–Kier alpha value is -0.860. The molecule has 1 saturated heterocycles. The molecule has 1 heterocycles. The van der Waals surface area contributed by atoms with E-state index in [0.29, 0.717) is 6.04 Å². The lowest BCUT2D eigenvalue weighted by Gasteiger charge is -2.47. The number of likely N-dealkylation sites (tertiary alicyclic amines) is 1. The highest BCUT2D eigenvalue weighted by Gasteiger charge is 2.43. The molecule has 2 unspecified atom stereocenters. The Balaban J connectivity index is 1.98. The van der Waals surface area contributed by atoms with Crippen molar-refractivity contribution in [3.63, 3.8) is 0 Å². The third kappa shape index (κ3) is 2.21. The van der Waals surface area contributed by atoms with Crippen LogP contribution in [0.15, 0.2) is 24.3 Å². The van der Waals surface area contributed by atoms with Crippen LogP contribution in [0.25, 0.3) is 0 Å². The summed E-state index contributed by atoms with van der Waals surface area (Å²) in [7, 11) is 0. The zero-order valence-corrected chi connectivity index (χ0v) is 12.1. The number of hydrogen-bond donors (Lipinski definition) is 1. The molecular formula is C17H26N2. The van der Waals surface area contributed by atoms with E-state index in [1.54, 1.807) is 0 Å². The van der Waals surface area contributed by atoms with Crippen LogP contribution in [0.4, 0.5) is 0 Å². The fourth-order valence-corrected chi connectivity index (χ4v) is 4.20. The van der Waals surface area contributed by atoms with E-state index in [0.717, 1.165) is 12.8 Å². The molecule has 1 fully saturated rings. The molecular weight excluding hydrogens is 232 g/mol. The maximum absolute atomic E-state index is 6.96. The normalized spacial score (nSPS) is 31.4. The predicted molar refractivity (Wildman–Crippen MR) is 80.1 cm³/mol. The summed E-state index contributed by atoms with van der Waals surface area (Å²) < 4.78 is 0. The number of nitrogens with zero attached hydrogens (tertiary/aromatic N) is 1. The summed E-state index contributed by atoms with van der Waals surface area (Å²) >= 11 is 0. The quantitative estimate of drug-likeness (QED) is 0.903. The Morgan fingerprint density at radius 2 is 2.00 bits per heavy atom. The number of aryl methyl sites for hydroxylation is 1. The van der Waals surface area contributed by atoms with Crippen LogP contribution < -0.4 is 5.73 Å². The van der Waals surface area contributed by atoms with Crippen molar-refractivity contribution in [1.29, 1.82) is 0 Å². The minimum absolute atomic E-state index is 0.131. The van der Waals surface area contributed by atoms with Gasteiger partial charge in [0.05, 0.1) is 5.54 Å². The molecule has 1 aliphatic heterocycles. The molecule has 0 amide bonds. The van der Waals surface area contributed by atoms with Gasteiger partial charge in [-0.25, -0.2) is 0 Å². The second kappa shape index (κ2) is 5.26. The Labute approximate surface area is 117 Å². The summed E-state index contributed by atoms with van der Waals surface area (Å²) in [6.07, 6.45) is 7.38. The monoisotopic (exact) mass is 258 g/mol. The molecule has 1 aromatic rings. The molecule has 2 heteroatoms. The van der Waals surface area contributed by atoms with Gasteiger partial charge < -0.3 is 5.73 Å². The topological polar surface area (TPSA) is 29.3 Å². The third-order valence-corrected chi connectivity index (χ3v) is 5.05. The Morgan fingerprint density at radius 3 is 2.74 bits per heavy atom. The van der Waals surface area contributed by atoms with Crippen molar-refractivity contribution in [3.05, 3.63) is 35.4 Å². The largest absolute Gasteiger partial charge is 0.320 e. The summed E-state index contributed by atoms with van der Waals surface area (Å²) in [5.41, 5.74) is 9.73. The SMILES string of the molecule is CCCC1(N)c2ccccc2CCC1N1CCCC1. The zero-order chi connectivity index (χ0) is 13.3. The lowest BCUT2D eigenvalue weighted by Crippen LogP contribution is -2.57. The van der Waals surface area contributed by atoms with Crippen molar-refractivity contribution < 1.29 is 0 Å². The van der Waals surface area contributed by atoms with Crippen molar-refractivity contribution >= 4 is 0 Å². The maximum atomic E-state index is 6.96. The molecule has 0 saturated carbocycles. The summed E-state index contributed by atoms with van der Waals surface area (Å²) in [6, 6.07) is 9.40. The van der Waals surface area contributed by atoms with E-state index in [2.05, 4.69) is 36.1 Å². The van der Waals surface area contributed by atoms with Crippen molar-refractivity contribution in [3.8, 4) is 0 Å². The Morgan fingerprint density at radius 1 is 1.26 bits per heavy atom. The first-order valence-corrected chi connectivity index (χ1v) is 7.87. The van der Waals surface area contributed by atoms with E-state index < -0.39 is 0 Å². The van der Waals surface area contributed by atoms with E-state index in [-0.39, 0.29) is 5.54 Å². The molecule has 0 radical (unpaired) electrons. The average Bonchev–Trinajstić information content (AvgIpc) is 2.93. The average molecular weight is 258 g/mol. The van der Waals surface area contributed by atoms with Gasteiger partial charge in [0.1, 0.15) is 0 Å². The van der Waals surface area contributed by atoms with Crippen molar-refractivity contribution in [2.45, 2.75) is 57.0 Å². The van der Waals surface area contributed by atoms with Crippen LogP contribution >= 0.6 is 0 Å². The summed E-state index contributed by atoms with van der Waals surface area (Å²) in [6.45, 7) is 4.75. The zero-order valence-electron chi connectivity index (χ0n) is 12.1. The second-order valence-electron chi connectivity index (χ2n) is 6.25. The van der Waals surface area contributed by atoms with Gasteiger partial charge in [-0.3, -0.25) is 4.90 Å². The minimum atomic E-state index is -0.131. The smallest absolute Gasteiger partial charge is 0.0570 e. The van der Waals surface area contributed by atoms with E-state index >= 15 is 0 Å². The molecule has 2 atom stereocenters. The van der Waals surface area contributed by atoms with Crippen LogP contribution in [0.1, 0.15) is 50.2 Å². The van der Waals surface area contributed by atoms with Gasteiger partial charge in [0, 0.05) is 6.04 Å². The molecule has 104 valence electrons. The van der Waals surface area contributed by atoms with Gasteiger partial charge >= 0.3 is 0 Å². The Bertz CT molecular complexity index is 437. The molecule has 19 heavy (non-hydrogen) atoms. The standard InChI is InChI=1S/C17H26N2/c1-2-11-17(18)15-8-4-3-7-14(15)9-10-16(17)19-12-5-6-13-19/h3-4,7-8,16H,2,5-6,9-13,18H2,1H3. The highest BCUT2D eigenvalue weighted by molar-refractivity contribution is 5.38. The second-order valence-corrected chi connectivity index (χ2v) is 6.25. The molecule has 0 aromatic heterocycles. The van der Waals surface area contributed by atoms with Crippen LogP contribution in [-0.2, 0) is 12.0 Å². The molecule has 0 spiro atoms. The molecule has 2 N–H and O–H groups in total. The first-order chi connectivity index (χ1) is 9.25. The first-order valence-electron chi connectivity index (χ1n) is 7.87. The Kier molecular flexibility index (Phi) is 3.64. The van der Waals surface area contributed by atoms with Crippen LogP contribution in [0.3, 0.4) is 0 Å². The van der Waals surface area contributed by atoms with Crippen LogP contribution in [-0.4, -0.2) is 24.0 Å². The van der Waals surface area contributed by atoms with Gasteiger partial charge in [-0.2, -0.15) is 0 Å². The highest BCUT2D eigenvalue weighted by Crippen LogP contribution is 2.40. The van der Waals surface area contributed by atoms with Gasteiger partial charge in [-0.05, 0) is 56.3 Å². The van der Waals surface area contributed by atoms with Gasteiger partial charge in [0.15, 0.2) is 0 Å². The predicted octanol–water partition coefficient (Wildman–Crippen LogP) is 3.05. The fraction of sp³-hybridized carbons (Fsp3) is 0.647. The van der Waals surface area contributed by atoms with Gasteiger partial charge in [0.25, 0.3) is 0 Å². The van der Waals surface area contributed by atoms with Crippen LogP contribution in [0, 0.1) is 0 Å². The van der Waals surface area contributed by atoms with E-state index in [9.17, 15) is 0 Å². The number of rotatable bonds is 3. The van der Waals surface area contributed by atoms with Gasteiger partial charge in [0.2, 0.25) is 0 Å². The number of benzene rings is 1. The molecule has 0 bridgehead atoms. The molecule has 3 rings (SSSR count). The first kappa shape index (κ1) is 13.1. The minimum Gasteiger partial charge on any atom is -0.320 e. The molecule has 1 aliphatic carbocycles. The third-order valence-electron chi connectivity index (χ3n) is 5.05. The number of hydrogen-bond acceptors (Lipinski definition) is 2. The number of fused-ring (bicyclic) bond motifs is 1. The van der Waals surface area contributed by atoms with Crippen molar-refractivity contribution in [1.82, 2.24) is 4.90 Å². The summed E-state index contributed by atoms with van der Waals surface area (Å²) in [5, 5.41) is 0. The van der Waals surface area contributed by atoms with Gasteiger partial charge in [-0.1, -0.05) is 37.6 Å². The van der Waals surface area contributed by atoms with E-state index in [4.69, 9.17) is 5.73 Å². The molecule has 2 aliphatic rings. The summed E-state index contributed by atoms with van der Waals surface area (Å²) in [5.74, 6) is 0. The van der Waals surface area contributed by atoms with Crippen LogP contribution in [0.2, 0.25) is 0 Å². The molecule has 2 nitrogen and oxygen atoms in total. The van der Waals surface area contributed by atoms with Crippen molar-refractivity contribution in [2.24, 2.45) is 5.73 Å². The van der Waals surface area contributed by atoms with Gasteiger partial charge in [-0.15, -0.1) is 0 Å². The van der Waals surface area contributed by atoms with Crippen LogP contribution in [0.5, 0.6) is 0 Å². The molecule has 1 aromatic carbocycles. The highest BCUT2D eigenvalue weighted by atomic mass is 15.2. The van der Waals surface area contributed by atoms with E-state index in [1.807, 2.05) is 0 Å². The fourth-order valence-electron chi connectivity index (χ4n) is 4.20. The maximum Gasteiger partial charge on any atom is 0.0570 e. The number of nitrogens with two attached hydrogens (primary N) is 1. The van der Waals surface area contributed by atoms with Crippen molar-refractivity contribution in [2.75, 3.05) is 13.1 Å². The van der Waals surface area contributed by atoms with E-state index in [1.165, 1.54) is 49.9 Å².